The number of anilines is 2. The number of nitrogens with two attached hydrogens (primary N) is 1. The first-order valence-corrected chi connectivity index (χ1v) is 8.17. The maximum Gasteiger partial charge on any atom is 0.396 e. The number of fused-ring (bicyclic) bond motifs is 1. The lowest BCUT2D eigenvalue weighted by atomic mass is 9.93. The van der Waals surface area contributed by atoms with Crippen LogP contribution in [0.4, 0.5) is 24.5 Å². The van der Waals surface area contributed by atoms with Gasteiger partial charge in [-0.15, -0.1) is 12.4 Å². The number of alkyl halides is 3. The SMILES string of the molecule is Cl.Nc1cccc2c1CCCN2C(=O)CC(c1ccccc1)C(F)(F)F. The fourth-order valence-corrected chi connectivity index (χ4v) is 3.30. The highest BCUT2D eigenvalue weighted by molar-refractivity contribution is 5.96. The molecule has 1 atom stereocenters. The summed E-state index contributed by atoms with van der Waals surface area (Å²) in [6, 6.07) is 12.8. The number of benzene rings is 2. The number of hydrogen-bond donors (Lipinski definition) is 1. The molecule has 2 N–H and O–H groups in total. The molecule has 1 aliphatic heterocycles. The van der Waals surface area contributed by atoms with Crippen molar-refractivity contribution in [2.24, 2.45) is 0 Å². The summed E-state index contributed by atoms with van der Waals surface area (Å²) in [5.41, 5.74) is 8.09. The van der Waals surface area contributed by atoms with E-state index < -0.39 is 24.4 Å². The largest absolute Gasteiger partial charge is 0.398 e. The molecule has 1 unspecified atom stereocenters. The smallest absolute Gasteiger partial charge is 0.396 e. The van der Waals surface area contributed by atoms with Crippen LogP contribution in [0.3, 0.4) is 0 Å². The fourth-order valence-electron chi connectivity index (χ4n) is 3.30. The molecule has 0 fully saturated rings. The van der Waals surface area contributed by atoms with E-state index in [0.29, 0.717) is 24.3 Å². The van der Waals surface area contributed by atoms with E-state index in [2.05, 4.69) is 0 Å². The van der Waals surface area contributed by atoms with E-state index in [1.54, 1.807) is 36.4 Å². The second-order valence-electron chi connectivity index (χ2n) is 6.20. The first-order valence-electron chi connectivity index (χ1n) is 8.17. The zero-order valence-electron chi connectivity index (χ0n) is 14.0. The molecule has 140 valence electrons. The van der Waals surface area contributed by atoms with Crippen LogP contribution in [0.25, 0.3) is 0 Å². The van der Waals surface area contributed by atoms with Crippen LogP contribution in [-0.2, 0) is 11.2 Å². The van der Waals surface area contributed by atoms with Crippen molar-refractivity contribution in [3.8, 4) is 0 Å². The van der Waals surface area contributed by atoms with Gasteiger partial charge in [-0.05, 0) is 36.1 Å². The van der Waals surface area contributed by atoms with Gasteiger partial charge in [0.05, 0.1) is 5.92 Å². The Hall–Kier alpha value is -2.21. The number of carbonyl (C=O) groups is 1. The average molecular weight is 385 g/mol. The highest BCUT2D eigenvalue weighted by atomic mass is 35.5. The van der Waals surface area contributed by atoms with Gasteiger partial charge in [0.15, 0.2) is 0 Å². The second-order valence-corrected chi connectivity index (χ2v) is 6.20. The van der Waals surface area contributed by atoms with Gasteiger partial charge in [-0.3, -0.25) is 4.79 Å². The Bertz CT molecular complexity index is 765. The minimum Gasteiger partial charge on any atom is -0.398 e. The van der Waals surface area contributed by atoms with Crippen LogP contribution in [0, 0.1) is 0 Å². The van der Waals surface area contributed by atoms with Crippen LogP contribution in [0.1, 0.15) is 29.9 Å². The van der Waals surface area contributed by atoms with E-state index in [4.69, 9.17) is 5.73 Å². The third-order valence-corrected chi connectivity index (χ3v) is 4.56. The summed E-state index contributed by atoms with van der Waals surface area (Å²) < 4.78 is 40.5. The number of nitrogen functional groups attached to an aromatic ring is 1. The third kappa shape index (κ3) is 4.12. The lowest BCUT2D eigenvalue weighted by molar-refractivity contribution is -0.156. The van der Waals surface area contributed by atoms with Gasteiger partial charge in [-0.2, -0.15) is 13.2 Å². The topological polar surface area (TPSA) is 46.3 Å². The summed E-state index contributed by atoms with van der Waals surface area (Å²) >= 11 is 0. The number of amides is 1. The molecule has 1 amide bonds. The molecule has 0 bridgehead atoms. The summed E-state index contributed by atoms with van der Waals surface area (Å²) in [5, 5.41) is 0. The van der Waals surface area contributed by atoms with Gasteiger partial charge >= 0.3 is 6.18 Å². The molecule has 0 aliphatic carbocycles. The monoisotopic (exact) mass is 384 g/mol. The molecule has 2 aromatic rings. The van der Waals surface area contributed by atoms with E-state index in [1.165, 1.54) is 17.0 Å². The number of rotatable bonds is 3. The van der Waals surface area contributed by atoms with Crippen LogP contribution in [0.15, 0.2) is 48.5 Å². The van der Waals surface area contributed by atoms with Crippen LogP contribution in [0.5, 0.6) is 0 Å². The first kappa shape index (κ1) is 20.1. The molecular weight excluding hydrogens is 365 g/mol. The van der Waals surface area contributed by atoms with E-state index in [-0.39, 0.29) is 18.0 Å². The van der Waals surface area contributed by atoms with Gasteiger partial charge in [-0.25, -0.2) is 0 Å². The molecule has 0 radical (unpaired) electrons. The Kier molecular flexibility index (Phi) is 6.18. The van der Waals surface area contributed by atoms with Crippen molar-refractivity contribution in [1.82, 2.24) is 0 Å². The maximum absolute atomic E-state index is 13.5. The second kappa shape index (κ2) is 7.99. The summed E-state index contributed by atoms with van der Waals surface area (Å²) in [6.45, 7) is 0.411. The minimum absolute atomic E-state index is 0. The van der Waals surface area contributed by atoms with E-state index in [1.807, 2.05) is 0 Å². The highest BCUT2D eigenvalue weighted by Crippen LogP contribution is 2.39. The standard InChI is InChI=1S/C19H19F3N2O.ClH/c20-19(21,22)15(13-6-2-1-3-7-13)12-18(25)24-11-5-8-14-16(23)9-4-10-17(14)24;/h1-4,6-7,9-10,15H,5,8,11-12,23H2;1H. The van der Waals surface area contributed by atoms with Crippen molar-refractivity contribution in [3.63, 3.8) is 0 Å². The van der Waals surface area contributed by atoms with Gasteiger partial charge in [0.2, 0.25) is 5.91 Å². The molecule has 1 heterocycles. The number of hydrogen-bond acceptors (Lipinski definition) is 2. The molecule has 0 saturated carbocycles. The van der Waals surface area contributed by atoms with Crippen LogP contribution >= 0.6 is 12.4 Å². The van der Waals surface area contributed by atoms with E-state index in [9.17, 15) is 18.0 Å². The molecule has 1 aliphatic rings. The zero-order valence-corrected chi connectivity index (χ0v) is 14.8. The van der Waals surface area contributed by atoms with Crippen molar-refractivity contribution < 1.29 is 18.0 Å². The normalized spacial score (nSPS) is 15.0. The van der Waals surface area contributed by atoms with E-state index >= 15 is 0 Å². The molecule has 3 rings (SSSR count). The van der Waals surface area contributed by atoms with Crippen molar-refractivity contribution >= 4 is 29.7 Å². The lowest BCUT2D eigenvalue weighted by Gasteiger charge is -2.32. The van der Waals surface area contributed by atoms with E-state index in [0.717, 1.165) is 12.0 Å². The van der Waals surface area contributed by atoms with Crippen LogP contribution < -0.4 is 10.6 Å². The Morgan fingerprint density at radius 3 is 2.46 bits per heavy atom. The Morgan fingerprint density at radius 2 is 1.81 bits per heavy atom. The van der Waals surface area contributed by atoms with Gasteiger partial charge in [0.25, 0.3) is 0 Å². The zero-order chi connectivity index (χ0) is 18.0. The van der Waals surface area contributed by atoms with Crippen LogP contribution in [-0.4, -0.2) is 18.6 Å². The highest BCUT2D eigenvalue weighted by Gasteiger charge is 2.43. The van der Waals surface area contributed by atoms with Crippen LogP contribution in [0.2, 0.25) is 0 Å². The molecule has 3 nitrogen and oxygen atoms in total. The number of halogens is 4. The molecule has 0 spiro atoms. The van der Waals surface area contributed by atoms with Gasteiger partial charge in [0.1, 0.15) is 0 Å². The Morgan fingerprint density at radius 1 is 1.12 bits per heavy atom. The third-order valence-electron chi connectivity index (χ3n) is 4.56. The van der Waals surface area contributed by atoms with Crippen molar-refractivity contribution in [1.29, 1.82) is 0 Å². The van der Waals surface area contributed by atoms with Crippen molar-refractivity contribution in [2.45, 2.75) is 31.4 Å². The summed E-state index contributed by atoms with van der Waals surface area (Å²) in [5.74, 6) is -2.34. The fraction of sp³-hybridized carbons (Fsp3) is 0.316. The van der Waals surface area contributed by atoms with Gasteiger partial charge in [0, 0.05) is 24.3 Å². The molecule has 0 saturated heterocycles. The summed E-state index contributed by atoms with van der Waals surface area (Å²) in [6.07, 6.45) is -3.67. The predicted molar refractivity (Wildman–Crippen MR) is 98.6 cm³/mol. The first-order chi connectivity index (χ1) is 11.9. The van der Waals surface area contributed by atoms with Gasteiger partial charge in [-0.1, -0.05) is 36.4 Å². The molecular formula is C19H20ClF3N2O. The van der Waals surface area contributed by atoms with Gasteiger partial charge < -0.3 is 10.6 Å². The molecule has 7 heteroatoms. The molecule has 0 aromatic heterocycles. The van der Waals surface area contributed by atoms with Crippen molar-refractivity contribution in [3.05, 3.63) is 59.7 Å². The van der Waals surface area contributed by atoms with Crippen molar-refractivity contribution in [2.75, 3.05) is 17.2 Å². The quantitative estimate of drug-likeness (QED) is 0.779. The number of carbonyl (C=O) groups excluding carboxylic acids is 1. The number of nitrogens with zero attached hydrogens (tertiary/aromatic N) is 1. The lowest BCUT2D eigenvalue weighted by Crippen LogP contribution is -2.38. The predicted octanol–water partition coefficient (Wildman–Crippen LogP) is 4.71. The minimum atomic E-state index is -4.48. The Balaban J connectivity index is 0.00000243. The average Bonchev–Trinajstić information content (AvgIpc) is 2.59. The molecule has 2 aromatic carbocycles. The Labute approximate surface area is 156 Å². The summed E-state index contributed by atoms with van der Waals surface area (Å²) in [7, 11) is 0. The summed E-state index contributed by atoms with van der Waals surface area (Å²) in [4.78, 5) is 14.1. The molecule has 26 heavy (non-hydrogen) atoms. The maximum atomic E-state index is 13.5.